The van der Waals surface area contributed by atoms with E-state index in [9.17, 15) is 0 Å². The lowest BCUT2D eigenvalue weighted by Crippen LogP contribution is -1.92. The van der Waals surface area contributed by atoms with Crippen LogP contribution in [0.5, 0.6) is 5.75 Å². The first-order valence-electron chi connectivity index (χ1n) is 5.20. The van der Waals surface area contributed by atoms with Crippen LogP contribution in [0, 0.1) is 0 Å². The highest BCUT2D eigenvalue weighted by Crippen LogP contribution is 2.16. The van der Waals surface area contributed by atoms with Crippen molar-refractivity contribution in [3.05, 3.63) is 41.8 Å². The van der Waals surface area contributed by atoms with E-state index in [1.807, 2.05) is 31.2 Å². The van der Waals surface area contributed by atoms with Crippen LogP contribution in [0.4, 0.5) is 6.01 Å². The molecule has 0 fully saturated rings. The van der Waals surface area contributed by atoms with Gasteiger partial charge in [-0.3, -0.25) is 0 Å². The lowest BCUT2D eigenvalue weighted by Gasteiger charge is -2.03. The standard InChI is InChI=1S/C12H14N2O2/c1-2-15-10-5-3-9(4-6-10)7-11-8-14-12(13)16-11/h3-6,8H,2,7H2,1H3,(H2,13,14). The Hall–Kier alpha value is -1.97. The summed E-state index contributed by atoms with van der Waals surface area (Å²) in [7, 11) is 0. The van der Waals surface area contributed by atoms with Crippen LogP contribution in [-0.4, -0.2) is 11.6 Å². The van der Waals surface area contributed by atoms with Crippen molar-refractivity contribution in [2.75, 3.05) is 12.3 Å². The third kappa shape index (κ3) is 2.53. The molecular weight excluding hydrogens is 204 g/mol. The molecule has 16 heavy (non-hydrogen) atoms. The van der Waals surface area contributed by atoms with Crippen molar-refractivity contribution in [3.63, 3.8) is 0 Å². The van der Waals surface area contributed by atoms with Crippen LogP contribution in [0.25, 0.3) is 0 Å². The van der Waals surface area contributed by atoms with Crippen molar-refractivity contribution < 1.29 is 9.15 Å². The number of hydrogen-bond acceptors (Lipinski definition) is 4. The zero-order valence-corrected chi connectivity index (χ0v) is 9.14. The van der Waals surface area contributed by atoms with Crippen LogP contribution in [-0.2, 0) is 6.42 Å². The van der Waals surface area contributed by atoms with Crippen molar-refractivity contribution >= 4 is 6.01 Å². The maximum atomic E-state index is 5.40. The molecule has 0 amide bonds. The van der Waals surface area contributed by atoms with E-state index >= 15 is 0 Å². The lowest BCUT2D eigenvalue weighted by atomic mass is 10.1. The van der Waals surface area contributed by atoms with E-state index in [1.54, 1.807) is 6.20 Å². The highest BCUT2D eigenvalue weighted by Gasteiger charge is 2.02. The summed E-state index contributed by atoms with van der Waals surface area (Å²) in [5.74, 6) is 1.64. The van der Waals surface area contributed by atoms with Crippen molar-refractivity contribution in [1.82, 2.24) is 4.98 Å². The molecule has 2 aromatic rings. The first kappa shape index (κ1) is 10.5. The van der Waals surface area contributed by atoms with Gasteiger partial charge in [0.15, 0.2) is 0 Å². The number of oxazole rings is 1. The topological polar surface area (TPSA) is 61.3 Å². The van der Waals surface area contributed by atoms with Gasteiger partial charge in [0.1, 0.15) is 11.5 Å². The minimum absolute atomic E-state index is 0.209. The van der Waals surface area contributed by atoms with E-state index in [0.29, 0.717) is 13.0 Å². The Labute approximate surface area is 94.1 Å². The molecule has 2 N–H and O–H groups in total. The normalized spacial score (nSPS) is 10.3. The van der Waals surface area contributed by atoms with E-state index < -0.39 is 0 Å². The maximum Gasteiger partial charge on any atom is 0.292 e. The zero-order valence-electron chi connectivity index (χ0n) is 9.14. The Morgan fingerprint density at radius 2 is 2.06 bits per heavy atom. The van der Waals surface area contributed by atoms with Crippen LogP contribution in [0.15, 0.2) is 34.9 Å². The summed E-state index contributed by atoms with van der Waals surface area (Å²) in [5.41, 5.74) is 6.54. The Bertz CT molecular complexity index is 448. The largest absolute Gasteiger partial charge is 0.494 e. The van der Waals surface area contributed by atoms with Gasteiger partial charge in [-0.15, -0.1) is 0 Å². The number of nitrogens with two attached hydrogens (primary N) is 1. The molecule has 2 rings (SSSR count). The van der Waals surface area contributed by atoms with E-state index in [4.69, 9.17) is 14.9 Å². The molecule has 1 heterocycles. The summed E-state index contributed by atoms with van der Waals surface area (Å²) in [5, 5.41) is 0. The molecule has 0 aliphatic heterocycles. The maximum absolute atomic E-state index is 5.40. The Kier molecular flexibility index (Phi) is 3.10. The number of nitrogens with zero attached hydrogens (tertiary/aromatic N) is 1. The predicted octanol–water partition coefficient (Wildman–Crippen LogP) is 2.25. The van der Waals surface area contributed by atoms with E-state index in [1.165, 1.54) is 0 Å². The van der Waals surface area contributed by atoms with Gasteiger partial charge in [0, 0.05) is 6.42 Å². The molecule has 0 radical (unpaired) electrons. The van der Waals surface area contributed by atoms with Gasteiger partial charge in [-0.2, -0.15) is 0 Å². The summed E-state index contributed by atoms with van der Waals surface area (Å²) in [6, 6.07) is 8.10. The molecule has 0 unspecified atom stereocenters. The van der Waals surface area contributed by atoms with E-state index in [-0.39, 0.29) is 6.01 Å². The van der Waals surface area contributed by atoms with Crippen LogP contribution in [0.3, 0.4) is 0 Å². The highest BCUT2D eigenvalue weighted by molar-refractivity contribution is 5.29. The molecule has 4 heteroatoms. The summed E-state index contributed by atoms with van der Waals surface area (Å²) in [6.45, 7) is 2.64. The average molecular weight is 218 g/mol. The van der Waals surface area contributed by atoms with Gasteiger partial charge in [0.2, 0.25) is 0 Å². The second-order valence-electron chi connectivity index (χ2n) is 3.42. The zero-order chi connectivity index (χ0) is 11.4. The summed E-state index contributed by atoms with van der Waals surface area (Å²) in [4.78, 5) is 3.85. The fourth-order valence-corrected chi connectivity index (χ4v) is 1.48. The van der Waals surface area contributed by atoms with Gasteiger partial charge in [-0.1, -0.05) is 12.1 Å². The molecule has 0 saturated carbocycles. The third-order valence-corrected chi connectivity index (χ3v) is 2.18. The highest BCUT2D eigenvalue weighted by atomic mass is 16.5. The van der Waals surface area contributed by atoms with Crippen LogP contribution in [0.2, 0.25) is 0 Å². The second-order valence-corrected chi connectivity index (χ2v) is 3.42. The first-order chi connectivity index (χ1) is 7.78. The number of benzene rings is 1. The van der Waals surface area contributed by atoms with Gasteiger partial charge in [0.05, 0.1) is 12.8 Å². The molecule has 84 valence electrons. The van der Waals surface area contributed by atoms with Crippen molar-refractivity contribution in [2.24, 2.45) is 0 Å². The summed E-state index contributed by atoms with van der Waals surface area (Å²) >= 11 is 0. The quantitative estimate of drug-likeness (QED) is 0.854. The Morgan fingerprint density at radius 1 is 1.31 bits per heavy atom. The molecule has 1 aromatic carbocycles. The molecule has 0 aliphatic carbocycles. The molecular formula is C12H14N2O2. The van der Waals surface area contributed by atoms with E-state index in [0.717, 1.165) is 17.1 Å². The molecule has 0 saturated heterocycles. The molecule has 0 spiro atoms. The second kappa shape index (κ2) is 4.70. The van der Waals surface area contributed by atoms with Gasteiger partial charge in [0.25, 0.3) is 6.01 Å². The fourth-order valence-electron chi connectivity index (χ4n) is 1.48. The Morgan fingerprint density at radius 3 is 2.62 bits per heavy atom. The summed E-state index contributed by atoms with van der Waals surface area (Å²) < 4.78 is 10.6. The van der Waals surface area contributed by atoms with Gasteiger partial charge >= 0.3 is 0 Å². The van der Waals surface area contributed by atoms with E-state index in [2.05, 4.69) is 4.98 Å². The molecule has 0 bridgehead atoms. The van der Waals surface area contributed by atoms with Crippen LogP contribution >= 0.6 is 0 Å². The molecule has 0 atom stereocenters. The minimum atomic E-state index is 0.209. The fraction of sp³-hybridized carbons (Fsp3) is 0.250. The molecule has 0 aliphatic rings. The first-order valence-corrected chi connectivity index (χ1v) is 5.20. The lowest BCUT2D eigenvalue weighted by molar-refractivity contribution is 0.340. The number of rotatable bonds is 4. The molecule has 4 nitrogen and oxygen atoms in total. The number of anilines is 1. The van der Waals surface area contributed by atoms with Crippen molar-refractivity contribution in [3.8, 4) is 5.75 Å². The number of nitrogen functional groups attached to an aromatic ring is 1. The SMILES string of the molecule is CCOc1ccc(Cc2cnc(N)o2)cc1. The van der Waals surface area contributed by atoms with Crippen molar-refractivity contribution in [1.29, 1.82) is 0 Å². The third-order valence-electron chi connectivity index (χ3n) is 2.18. The number of aromatic nitrogens is 1. The van der Waals surface area contributed by atoms with Crippen LogP contribution < -0.4 is 10.5 Å². The monoisotopic (exact) mass is 218 g/mol. The van der Waals surface area contributed by atoms with Crippen molar-refractivity contribution in [2.45, 2.75) is 13.3 Å². The predicted molar refractivity (Wildman–Crippen MR) is 61.3 cm³/mol. The van der Waals surface area contributed by atoms with Gasteiger partial charge in [-0.05, 0) is 24.6 Å². The van der Waals surface area contributed by atoms with Gasteiger partial charge < -0.3 is 14.9 Å². The number of ether oxygens (including phenoxy) is 1. The smallest absolute Gasteiger partial charge is 0.292 e. The number of hydrogen-bond donors (Lipinski definition) is 1. The molecule has 1 aromatic heterocycles. The van der Waals surface area contributed by atoms with Gasteiger partial charge in [-0.25, -0.2) is 4.98 Å². The Balaban J connectivity index is 2.05. The minimum Gasteiger partial charge on any atom is -0.494 e. The summed E-state index contributed by atoms with van der Waals surface area (Å²) in [6.07, 6.45) is 2.34. The van der Waals surface area contributed by atoms with Crippen LogP contribution in [0.1, 0.15) is 18.2 Å². The average Bonchev–Trinajstić information content (AvgIpc) is 2.67.